The van der Waals surface area contributed by atoms with Gasteiger partial charge < -0.3 is 46.6 Å². The van der Waals surface area contributed by atoms with Crippen LogP contribution in [0.15, 0.2) is 94.8 Å². The summed E-state index contributed by atoms with van der Waals surface area (Å²) >= 11 is 24.9. The molecule has 3 aliphatic rings. The number of rotatable bonds is 11. The van der Waals surface area contributed by atoms with E-state index in [0.29, 0.717) is 123 Å². The number of esters is 2. The van der Waals surface area contributed by atoms with Crippen molar-refractivity contribution < 1.29 is 46.5 Å². The van der Waals surface area contributed by atoms with E-state index in [1.807, 2.05) is 27.3 Å². The van der Waals surface area contributed by atoms with Crippen LogP contribution in [0.25, 0.3) is 22.1 Å². The van der Waals surface area contributed by atoms with Crippen LogP contribution in [0.3, 0.4) is 0 Å². The van der Waals surface area contributed by atoms with E-state index in [1.165, 1.54) is 45.4 Å². The first-order valence-electron chi connectivity index (χ1n) is 21.7. The maximum absolute atomic E-state index is 15.0. The third-order valence-electron chi connectivity index (χ3n) is 12.5. The van der Waals surface area contributed by atoms with Crippen molar-refractivity contribution >= 4 is 86.1 Å². The van der Waals surface area contributed by atoms with Crippen LogP contribution in [0.5, 0.6) is 11.5 Å². The number of fused-ring (bicyclic) bond motifs is 4. The highest BCUT2D eigenvalue weighted by Gasteiger charge is 2.46. The molecule has 2 saturated heterocycles. The fourth-order valence-corrected chi connectivity index (χ4v) is 10.1. The number of carbonyl (C=O) groups excluding carboxylic acids is 2. The number of ether oxygens (including phenoxy) is 5. The van der Waals surface area contributed by atoms with E-state index in [2.05, 4.69) is 24.8 Å². The number of oxazole rings is 2. The van der Waals surface area contributed by atoms with Crippen molar-refractivity contribution in [2.24, 2.45) is 0 Å². The standard InChI is InChI=1S/C34H30Cl2FN5O6.C14H11Cl2N3O3/c1-34(22-7-6-20(35)12-24(22)37)47-29-5-3-4-25(32(29)48-34)41-9-8-40(27-16-45-17-28(27)41)14-30-39-31-23(36)10-19(33(43)44-2)11-26(31)42(30)13-21-15-46-18-38-21;1-21-14(20)8-2-10(16)13-11(3-8)19(12(4-15)18-13)5-9-6-22-7-17-9/h3-7,10-12,15,18,27-28H,8-9,13-14,16-17H2,1-2H3;2-3,6-7H,4-5H2,1H3/t27-,28+,34-;/m1./s1. The number of para-hydroxylation sites is 1. The Balaban J connectivity index is 0.000000215. The number of methoxy groups -OCH3 is 2. The van der Waals surface area contributed by atoms with Crippen LogP contribution in [-0.4, -0.2) is 98.5 Å². The van der Waals surface area contributed by atoms with Gasteiger partial charge in [-0.25, -0.2) is 33.9 Å². The highest BCUT2D eigenvalue weighted by Crippen LogP contribution is 2.51. The Morgan fingerprint density at radius 1 is 0.771 bits per heavy atom. The zero-order valence-electron chi connectivity index (χ0n) is 37.5. The van der Waals surface area contributed by atoms with Crippen molar-refractivity contribution in [3.63, 3.8) is 0 Å². The maximum atomic E-state index is 15.0. The number of piperazine rings is 1. The van der Waals surface area contributed by atoms with Crippen molar-refractivity contribution in [3.05, 3.63) is 147 Å². The van der Waals surface area contributed by atoms with E-state index in [1.54, 1.807) is 43.5 Å². The number of hydrogen-bond acceptors (Lipinski definition) is 15. The molecule has 17 nitrogen and oxygen atoms in total. The van der Waals surface area contributed by atoms with Gasteiger partial charge in [0.15, 0.2) is 24.3 Å². The average molecular weight is 1030 g/mol. The van der Waals surface area contributed by atoms with Gasteiger partial charge in [-0.1, -0.05) is 40.9 Å². The molecule has 70 heavy (non-hydrogen) atoms. The molecule has 0 N–H and O–H groups in total. The molecule has 0 unspecified atom stereocenters. The van der Waals surface area contributed by atoms with Gasteiger partial charge in [0.05, 0.1) is 120 Å². The lowest BCUT2D eigenvalue weighted by molar-refractivity contribution is -0.0706. The van der Waals surface area contributed by atoms with E-state index in [0.717, 1.165) is 11.5 Å². The van der Waals surface area contributed by atoms with Crippen LogP contribution in [0.1, 0.15) is 56.2 Å². The molecule has 0 amide bonds. The highest BCUT2D eigenvalue weighted by atomic mass is 35.5. The molecule has 3 atom stereocenters. The van der Waals surface area contributed by atoms with Gasteiger partial charge in [-0.15, -0.1) is 11.6 Å². The maximum Gasteiger partial charge on any atom is 0.337 e. The minimum absolute atomic E-state index is 0.00384. The van der Waals surface area contributed by atoms with Crippen LogP contribution in [0.4, 0.5) is 10.1 Å². The van der Waals surface area contributed by atoms with Crippen molar-refractivity contribution in [2.45, 2.75) is 50.3 Å². The molecule has 0 spiro atoms. The van der Waals surface area contributed by atoms with Gasteiger partial charge in [-0.3, -0.25) is 4.90 Å². The molecule has 8 aromatic rings. The van der Waals surface area contributed by atoms with Gasteiger partial charge in [-0.2, -0.15) is 0 Å². The predicted molar refractivity (Wildman–Crippen MR) is 256 cm³/mol. The molecular weight excluding hydrogens is 993 g/mol. The number of imidazole rings is 2. The third kappa shape index (κ3) is 8.88. The Morgan fingerprint density at radius 2 is 1.39 bits per heavy atom. The summed E-state index contributed by atoms with van der Waals surface area (Å²) in [5, 5.41) is 1.01. The molecule has 2 fully saturated rings. The highest BCUT2D eigenvalue weighted by molar-refractivity contribution is 6.36. The fraction of sp³-hybridized carbons (Fsp3) is 0.292. The molecule has 22 heteroatoms. The first-order chi connectivity index (χ1) is 33.9. The summed E-state index contributed by atoms with van der Waals surface area (Å²) in [7, 11) is 2.65. The summed E-state index contributed by atoms with van der Waals surface area (Å²) in [4.78, 5) is 46.6. The Morgan fingerprint density at radius 3 is 1.97 bits per heavy atom. The summed E-state index contributed by atoms with van der Waals surface area (Å²) in [6, 6.07) is 16.7. The minimum atomic E-state index is -1.36. The van der Waals surface area contributed by atoms with E-state index in [-0.39, 0.29) is 23.5 Å². The number of anilines is 1. The van der Waals surface area contributed by atoms with Crippen LogP contribution >= 0.6 is 46.4 Å². The van der Waals surface area contributed by atoms with Gasteiger partial charge in [-0.05, 0) is 54.6 Å². The lowest BCUT2D eigenvalue weighted by Gasteiger charge is -2.44. The summed E-state index contributed by atoms with van der Waals surface area (Å²) in [6.45, 7) is 5.36. The summed E-state index contributed by atoms with van der Waals surface area (Å²) in [5.74, 6) is -0.143. The van der Waals surface area contributed by atoms with E-state index in [4.69, 9.17) is 83.9 Å². The number of carbonyl (C=O) groups is 2. The van der Waals surface area contributed by atoms with Crippen molar-refractivity contribution in [3.8, 4) is 11.5 Å². The normalized spacial score (nSPS) is 18.5. The van der Waals surface area contributed by atoms with E-state index in [9.17, 15) is 14.0 Å². The van der Waals surface area contributed by atoms with Crippen LogP contribution in [0, 0.1) is 5.82 Å². The number of benzene rings is 4. The molecule has 0 saturated carbocycles. The molecule has 3 aliphatic heterocycles. The fourth-order valence-electron chi connectivity index (χ4n) is 9.19. The van der Waals surface area contributed by atoms with Crippen LogP contribution in [0.2, 0.25) is 15.1 Å². The monoisotopic (exact) mass is 1030 g/mol. The van der Waals surface area contributed by atoms with Gasteiger partial charge in [0.1, 0.15) is 41.0 Å². The second-order valence-corrected chi connectivity index (χ2v) is 18.2. The van der Waals surface area contributed by atoms with E-state index < -0.39 is 23.5 Å². The first-order valence-corrected chi connectivity index (χ1v) is 23.4. The third-order valence-corrected chi connectivity index (χ3v) is 13.5. The second-order valence-electron chi connectivity index (χ2n) is 16.7. The van der Waals surface area contributed by atoms with Crippen molar-refractivity contribution in [1.29, 1.82) is 0 Å². The van der Waals surface area contributed by atoms with Crippen molar-refractivity contribution in [1.82, 2.24) is 34.0 Å². The van der Waals surface area contributed by atoms with Crippen LogP contribution < -0.4 is 14.4 Å². The van der Waals surface area contributed by atoms with Gasteiger partial charge in [0.2, 0.25) is 0 Å². The van der Waals surface area contributed by atoms with Crippen LogP contribution in [-0.2, 0) is 45.5 Å². The number of alkyl halides is 1. The molecule has 4 aromatic heterocycles. The molecule has 7 heterocycles. The zero-order chi connectivity index (χ0) is 48.8. The molecule has 362 valence electrons. The number of halogens is 5. The van der Waals surface area contributed by atoms with Crippen molar-refractivity contribution in [2.75, 3.05) is 45.4 Å². The lowest BCUT2D eigenvalue weighted by atomic mass is 10.0. The first kappa shape index (κ1) is 47.3. The van der Waals surface area contributed by atoms with Gasteiger partial charge in [0.25, 0.3) is 5.79 Å². The van der Waals surface area contributed by atoms with Gasteiger partial charge in [0, 0.05) is 25.0 Å². The largest absolute Gasteiger partial charge is 0.465 e. The Bertz CT molecular complexity index is 3260. The SMILES string of the molecule is COC(=O)c1cc(Cl)c2nc(CCl)n(Cc3cocn3)c2c1.COC(=O)c1cc(Cl)c2nc(CN3CCN(c4cccc5c4O[C@](C)(c4ccc(Cl)cc4F)O5)[C@H]4COC[C@H]43)n(Cc3cocn3)c2c1. The molecular formula is C48H41Cl4FN8O9. The molecule has 11 rings (SSSR count). The number of nitrogens with zero attached hydrogens (tertiary/aromatic N) is 8. The number of hydrogen-bond donors (Lipinski definition) is 0. The molecule has 4 aromatic carbocycles. The Kier molecular flexibility index (Phi) is 13.1. The average Bonchev–Trinajstić information content (AvgIpc) is 4.23. The molecule has 0 bridgehead atoms. The topological polar surface area (TPSA) is 174 Å². The minimum Gasteiger partial charge on any atom is -0.465 e. The quantitative estimate of drug-likeness (QED) is 0.0885. The summed E-state index contributed by atoms with van der Waals surface area (Å²) < 4.78 is 57.5. The predicted octanol–water partition coefficient (Wildman–Crippen LogP) is 9.29. The van der Waals surface area contributed by atoms with Gasteiger partial charge >= 0.3 is 11.9 Å². The summed E-state index contributed by atoms with van der Waals surface area (Å²) in [6.07, 6.45) is 5.85. The molecule has 0 aliphatic carbocycles. The lowest BCUT2D eigenvalue weighted by Crippen LogP contribution is -2.59. The van der Waals surface area contributed by atoms with E-state index >= 15 is 0 Å². The number of aromatic nitrogens is 6. The Hall–Kier alpha value is -6.41. The molecule has 0 radical (unpaired) electrons. The summed E-state index contributed by atoms with van der Waals surface area (Å²) in [5.41, 5.74) is 5.74. The smallest absolute Gasteiger partial charge is 0.337 e. The second kappa shape index (κ2) is 19.4. The zero-order valence-corrected chi connectivity index (χ0v) is 40.6. The Labute approximate surface area is 418 Å².